The van der Waals surface area contributed by atoms with E-state index in [9.17, 15) is 0 Å². The molecule has 5 nitrogen and oxygen atoms in total. The van der Waals surface area contributed by atoms with Crippen LogP contribution in [0.15, 0.2) is 0 Å². The van der Waals surface area contributed by atoms with Gasteiger partial charge in [0.1, 0.15) is 0 Å². The summed E-state index contributed by atoms with van der Waals surface area (Å²) < 4.78 is 0. The first-order valence-corrected chi connectivity index (χ1v) is 2.24. The molecule has 0 unspecified atom stereocenters. The van der Waals surface area contributed by atoms with Gasteiger partial charge in [-0.05, 0) is 0 Å². The first kappa shape index (κ1) is 52.3. The third kappa shape index (κ3) is 1220. The summed E-state index contributed by atoms with van der Waals surface area (Å²) in [5, 5.41) is 35.0. The molecule has 0 saturated heterocycles. The van der Waals surface area contributed by atoms with Crippen LogP contribution in [-0.2, 0) is 36.5 Å². The molecule has 5 N–H and O–H groups in total. The number of aliphatic hydroxyl groups excluding tert-OH is 5. The fourth-order valence-corrected chi connectivity index (χ4v) is 0. The van der Waals surface area contributed by atoms with Crippen LogP contribution in [0.3, 0.4) is 0 Å². The van der Waals surface area contributed by atoms with E-state index in [0.29, 0.717) is 0 Å². The molecule has 0 rings (SSSR count). The second-order valence-electron chi connectivity index (χ2n) is 0. The summed E-state index contributed by atoms with van der Waals surface area (Å²) in [4.78, 5) is 0. The summed E-state index contributed by atoms with van der Waals surface area (Å²) in [6.07, 6.45) is 0. The van der Waals surface area contributed by atoms with Crippen LogP contribution in [0.25, 0.3) is 0 Å². The number of hydrogen-bond acceptors (Lipinski definition) is 5. The minimum Gasteiger partial charge on any atom is -0.400 e. The van der Waals surface area contributed by atoms with E-state index in [1.807, 2.05) is 0 Å². The number of rotatable bonds is 0. The van der Waals surface area contributed by atoms with Gasteiger partial charge in [0.15, 0.2) is 0 Å². The largest absolute Gasteiger partial charge is 0.400 e. The Morgan fingerprint density at radius 3 is 0.417 bits per heavy atom. The molecule has 0 heterocycles. The predicted octanol–water partition coefficient (Wildman–Crippen LogP) is -1.96. The average molecular weight is 325 g/mol. The van der Waals surface area contributed by atoms with Crippen LogP contribution in [0.1, 0.15) is 0 Å². The average Bonchev–Trinajstić information content (AvgIpc) is 2.20. The molecular weight excluding hydrogens is 305 g/mol. The van der Waals surface area contributed by atoms with E-state index in [1.54, 1.807) is 0 Å². The standard InChI is InChI=1S/5CH4O.Cu.Ru/c5*1-2;;/h5*2H,1H3;;. The molecule has 0 fully saturated rings. The van der Waals surface area contributed by atoms with Gasteiger partial charge in [-0.2, -0.15) is 0 Å². The maximum absolute atomic E-state index is 7.00. The number of aliphatic hydroxyl groups is 5. The third-order valence-electron chi connectivity index (χ3n) is 0. The van der Waals surface area contributed by atoms with Crippen molar-refractivity contribution >= 4 is 0 Å². The zero-order valence-electron chi connectivity index (χ0n) is 7.89. The molecule has 0 aromatic heterocycles. The Labute approximate surface area is 97.7 Å². The Bertz CT molecular complexity index is 19.8. The molecule has 0 spiro atoms. The van der Waals surface area contributed by atoms with E-state index >= 15 is 0 Å². The van der Waals surface area contributed by atoms with Crippen LogP contribution >= 0.6 is 0 Å². The molecule has 0 aromatic rings. The Morgan fingerprint density at radius 1 is 0.417 bits per heavy atom. The van der Waals surface area contributed by atoms with Crippen molar-refractivity contribution in [2.45, 2.75) is 0 Å². The van der Waals surface area contributed by atoms with Crippen molar-refractivity contribution in [2.75, 3.05) is 35.5 Å². The Hall–Kier alpha value is 0.943. The molecule has 0 aliphatic rings. The maximum atomic E-state index is 7.00. The minimum atomic E-state index is 0. The zero-order valence-corrected chi connectivity index (χ0v) is 10.6. The normalized spacial score (nSPS) is 2.50. The van der Waals surface area contributed by atoms with Crippen molar-refractivity contribution in [3.05, 3.63) is 0 Å². The van der Waals surface area contributed by atoms with E-state index in [1.165, 1.54) is 0 Å². The summed E-state index contributed by atoms with van der Waals surface area (Å²) in [5.41, 5.74) is 0. The molecule has 0 saturated carbocycles. The minimum absolute atomic E-state index is 0. The first-order chi connectivity index (χ1) is 5.00. The molecule has 0 aliphatic carbocycles. The quantitative estimate of drug-likeness (QED) is 0.333. The van der Waals surface area contributed by atoms with Gasteiger partial charge in [0, 0.05) is 72.1 Å². The third-order valence-corrected chi connectivity index (χ3v) is 0. The zero-order chi connectivity index (χ0) is 10.0. The molecule has 89 valence electrons. The van der Waals surface area contributed by atoms with E-state index in [0.717, 1.165) is 35.5 Å². The molecule has 0 bridgehead atoms. The molecule has 0 atom stereocenters. The second-order valence-corrected chi connectivity index (χ2v) is 0. The van der Waals surface area contributed by atoms with Gasteiger partial charge in [-0.3, -0.25) is 0 Å². The maximum Gasteiger partial charge on any atom is 0.0319 e. The monoisotopic (exact) mass is 325 g/mol. The van der Waals surface area contributed by atoms with Crippen molar-refractivity contribution in [3.8, 4) is 0 Å². The van der Waals surface area contributed by atoms with Gasteiger partial charge < -0.3 is 25.5 Å². The van der Waals surface area contributed by atoms with Crippen molar-refractivity contribution in [3.63, 3.8) is 0 Å². The van der Waals surface area contributed by atoms with E-state index in [2.05, 4.69) is 0 Å². The van der Waals surface area contributed by atoms with Crippen LogP contribution in [0, 0.1) is 0 Å². The Morgan fingerprint density at radius 2 is 0.417 bits per heavy atom. The Kier molecular flexibility index (Phi) is 7010. The fraction of sp³-hybridized carbons (Fsp3) is 1.00. The van der Waals surface area contributed by atoms with Crippen molar-refractivity contribution in [1.82, 2.24) is 0 Å². The second kappa shape index (κ2) is 1610. The topological polar surface area (TPSA) is 101 Å². The van der Waals surface area contributed by atoms with E-state index in [4.69, 9.17) is 25.5 Å². The summed E-state index contributed by atoms with van der Waals surface area (Å²) in [6.45, 7) is 0. The van der Waals surface area contributed by atoms with Gasteiger partial charge >= 0.3 is 0 Å². The van der Waals surface area contributed by atoms with Crippen molar-refractivity contribution in [2.24, 2.45) is 0 Å². The van der Waals surface area contributed by atoms with Gasteiger partial charge in [-0.1, -0.05) is 0 Å². The predicted molar refractivity (Wildman–Crippen MR) is 40.7 cm³/mol. The molecular formula is C5H20CuO5Ru. The summed E-state index contributed by atoms with van der Waals surface area (Å²) in [5.74, 6) is 0. The molecule has 0 aromatic carbocycles. The van der Waals surface area contributed by atoms with E-state index < -0.39 is 0 Å². The van der Waals surface area contributed by atoms with Gasteiger partial charge in [-0.25, -0.2) is 0 Å². The van der Waals surface area contributed by atoms with E-state index in [-0.39, 0.29) is 36.5 Å². The van der Waals surface area contributed by atoms with Gasteiger partial charge in [-0.15, -0.1) is 0 Å². The van der Waals surface area contributed by atoms with Crippen LogP contribution < -0.4 is 0 Å². The molecule has 0 aliphatic heterocycles. The molecule has 12 heavy (non-hydrogen) atoms. The number of hydrogen-bond donors (Lipinski definition) is 5. The van der Waals surface area contributed by atoms with Gasteiger partial charge in [0.2, 0.25) is 0 Å². The molecule has 7 heteroatoms. The summed E-state index contributed by atoms with van der Waals surface area (Å²) in [6, 6.07) is 0. The van der Waals surface area contributed by atoms with Gasteiger partial charge in [0.05, 0.1) is 0 Å². The summed E-state index contributed by atoms with van der Waals surface area (Å²) >= 11 is 0. The van der Waals surface area contributed by atoms with Gasteiger partial charge in [0.25, 0.3) is 0 Å². The van der Waals surface area contributed by atoms with Crippen LogP contribution in [0.4, 0.5) is 0 Å². The molecule has 0 amide bonds. The molecule has 1 radical (unpaired) electrons. The van der Waals surface area contributed by atoms with Crippen molar-refractivity contribution < 1.29 is 62.1 Å². The van der Waals surface area contributed by atoms with Crippen LogP contribution in [0.2, 0.25) is 0 Å². The van der Waals surface area contributed by atoms with Crippen molar-refractivity contribution in [1.29, 1.82) is 0 Å². The SMILES string of the molecule is CO.CO.CO.CO.CO.[Cu].[Ru]. The fourth-order valence-electron chi connectivity index (χ4n) is 0. The van der Waals surface area contributed by atoms with Crippen LogP contribution in [0.5, 0.6) is 0 Å². The summed E-state index contributed by atoms with van der Waals surface area (Å²) in [7, 11) is 5.00. The first-order valence-electron chi connectivity index (χ1n) is 2.24. The smallest absolute Gasteiger partial charge is 0.0319 e. The Balaban J connectivity index is -0.00000000500. The van der Waals surface area contributed by atoms with Crippen LogP contribution in [-0.4, -0.2) is 61.1 Å².